The van der Waals surface area contributed by atoms with Crippen LogP contribution in [0, 0.1) is 11.3 Å². The Balaban J connectivity index is 2.58. The molecule has 2 N–H and O–H groups in total. The van der Waals surface area contributed by atoms with Crippen molar-refractivity contribution in [3.63, 3.8) is 0 Å². The number of nitrogens with zero attached hydrogens (tertiary/aromatic N) is 1. The van der Waals surface area contributed by atoms with E-state index in [1.165, 1.54) is 0 Å². The van der Waals surface area contributed by atoms with Crippen molar-refractivity contribution in [1.82, 2.24) is 0 Å². The number of rotatable bonds is 3. The van der Waals surface area contributed by atoms with Crippen LogP contribution in [0.15, 0.2) is 53.1 Å². The predicted octanol–water partition coefficient (Wildman–Crippen LogP) is 2.33. The number of ether oxygens (including phenoxy) is 2. The minimum absolute atomic E-state index is 0.0249. The second-order valence-corrected chi connectivity index (χ2v) is 4.53. The van der Waals surface area contributed by atoms with Gasteiger partial charge in [-0.3, -0.25) is 0 Å². The molecule has 0 saturated heterocycles. The third kappa shape index (κ3) is 2.75. The van der Waals surface area contributed by atoms with Gasteiger partial charge in [-0.25, -0.2) is 4.79 Å². The Morgan fingerprint density at radius 3 is 2.67 bits per heavy atom. The minimum atomic E-state index is -0.566. The number of carbonyl (C=O) groups is 1. The second-order valence-electron chi connectivity index (χ2n) is 4.53. The first-order chi connectivity index (χ1) is 10.1. The van der Waals surface area contributed by atoms with Crippen LogP contribution in [0.2, 0.25) is 0 Å². The van der Waals surface area contributed by atoms with Gasteiger partial charge < -0.3 is 15.2 Å². The molecule has 1 aliphatic heterocycles. The molecule has 1 aromatic carbocycles. The summed E-state index contributed by atoms with van der Waals surface area (Å²) in [4.78, 5) is 12.2. The maximum absolute atomic E-state index is 12.2. The molecule has 1 aliphatic rings. The lowest BCUT2D eigenvalue weighted by Gasteiger charge is -2.26. The van der Waals surface area contributed by atoms with Crippen molar-refractivity contribution in [1.29, 1.82) is 5.26 Å². The van der Waals surface area contributed by atoms with Crippen molar-refractivity contribution >= 4 is 5.97 Å². The number of hydrogen-bond acceptors (Lipinski definition) is 5. The number of nitriles is 1. The van der Waals surface area contributed by atoms with E-state index in [0.717, 1.165) is 5.56 Å². The predicted molar refractivity (Wildman–Crippen MR) is 76.4 cm³/mol. The lowest BCUT2D eigenvalue weighted by molar-refractivity contribution is -0.139. The van der Waals surface area contributed by atoms with Crippen molar-refractivity contribution in [2.45, 2.75) is 19.8 Å². The minimum Gasteiger partial charge on any atom is -0.463 e. The highest BCUT2D eigenvalue weighted by Crippen LogP contribution is 2.39. The van der Waals surface area contributed by atoms with E-state index < -0.39 is 11.9 Å². The first kappa shape index (κ1) is 14.7. The van der Waals surface area contributed by atoms with Gasteiger partial charge in [0.15, 0.2) is 0 Å². The van der Waals surface area contributed by atoms with E-state index >= 15 is 0 Å². The molecule has 1 aromatic rings. The highest BCUT2D eigenvalue weighted by atomic mass is 16.5. The SMILES string of the molecule is CCOC(=O)C1=C(C)OC(N)=C(C#N)[C@@H]1c1ccccc1. The fraction of sp³-hybridized carbons (Fsp3) is 0.250. The summed E-state index contributed by atoms with van der Waals surface area (Å²) in [5.74, 6) is -0.677. The van der Waals surface area contributed by atoms with Gasteiger partial charge in [-0.2, -0.15) is 5.26 Å². The summed E-state index contributed by atoms with van der Waals surface area (Å²) in [6.07, 6.45) is 0. The first-order valence-electron chi connectivity index (χ1n) is 6.60. The zero-order valence-electron chi connectivity index (χ0n) is 11.9. The van der Waals surface area contributed by atoms with E-state index in [9.17, 15) is 10.1 Å². The van der Waals surface area contributed by atoms with Gasteiger partial charge in [0.2, 0.25) is 5.88 Å². The molecule has 0 radical (unpaired) electrons. The molecule has 5 heteroatoms. The van der Waals surface area contributed by atoms with Crippen molar-refractivity contribution in [2.75, 3.05) is 6.61 Å². The maximum atomic E-state index is 12.2. The molecule has 0 aliphatic carbocycles. The zero-order valence-corrected chi connectivity index (χ0v) is 11.9. The lowest BCUT2D eigenvalue weighted by Crippen LogP contribution is -2.25. The number of nitrogens with two attached hydrogens (primary N) is 1. The number of allylic oxidation sites excluding steroid dienone is 2. The van der Waals surface area contributed by atoms with E-state index in [2.05, 4.69) is 0 Å². The van der Waals surface area contributed by atoms with Gasteiger partial charge in [-0.15, -0.1) is 0 Å². The van der Waals surface area contributed by atoms with E-state index in [0.29, 0.717) is 11.3 Å². The third-order valence-electron chi connectivity index (χ3n) is 3.23. The summed E-state index contributed by atoms with van der Waals surface area (Å²) in [5, 5.41) is 9.37. The van der Waals surface area contributed by atoms with Crippen LogP contribution in [0.3, 0.4) is 0 Å². The highest BCUT2D eigenvalue weighted by molar-refractivity contribution is 5.92. The Labute approximate surface area is 123 Å². The van der Waals surface area contributed by atoms with E-state index in [-0.39, 0.29) is 18.1 Å². The monoisotopic (exact) mass is 284 g/mol. The molecule has 5 nitrogen and oxygen atoms in total. The molecule has 21 heavy (non-hydrogen) atoms. The number of hydrogen-bond donors (Lipinski definition) is 1. The number of benzene rings is 1. The molecule has 0 saturated carbocycles. The van der Waals surface area contributed by atoms with Crippen LogP contribution in [0.25, 0.3) is 0 Å². The Morgan fingerprint density at radius 2 is 2.10 bits per heavy atom. The molecular formula is C16H16N2O3. The Hall–Kier alpha value is -2.74. The topological polar surface area (TPSA) is 85.3 Å². The van der Waals surface area contributed by atoms with Crippen molar-refractivity contribution in [2.24, 2.45) is 5.73 Å². The summed E-state index contributed by atoms with van der Waals surface area (Å²) in [5.41, 5.74) is 7.12. The maximum Gasteiger partial charge on any atom is 0.338 e. The molecule has 0 amide bonds. The largest absolute Gasteiger partial charge is 0.463 e. The number of carbonyl (C=O) groups excluding carboxylic acids is 1. The summed E-state index contributed by atoms with van der Waals surface area (Å²) < 4.78 is 10.4. The average molecular weight is 284 g/mol. The fourth-order valence-electron chi connectivity index (χ4n) is 2.33. The van der Waals surface area contributed by atoms with Gasteiger partial charge in [-0.1, -0.05) is 30.3 Å². The standard InChI is InChI=1S/C16H16N2O3/c1-3-20-16(19)13-10(2)21-15(18)12(9-17)14(13)11-7-5-4-6-8-11/h4-8,14H,3,18H2,1-2H3/t14-/m0/s1. The summed E-state index contributed by atoms with van der Waals surface area (Å²) >= 11 is 0. The summed E-state index contributed by atoms with van der Waals surface area (Å²) in [6.45, 7) is 3.62. The smallest absolute Gasteiger partial charge is 0.338 e. The van der Waals surface area contributed by atoms with Gasteiger partial charge in [0, 0.05) is 0 Å². The van der Waals surface area contributed by atoms with E-state index in [4.69, 9.17) is 15.2 Å². The van der Waals surface area contributed by atoms with Gasteiger partial charge >= 0.3 is 5.97 Å². The average Bonchev–Trinajstić information content (AvgIpc) is 2.47. The molecule has 0 aromatic heterocycles. The Morgan fingerprint density at radius 1 is 1.43 bits per heavy atom. The van der Waals surface area contributed by atoms with Gasteiger partial charge in [0.25, 0.3) is 0 Å². The molecular weight excluding hydrogens is 268 g/mol. The quantitative estimate of drug-likeness (QED) is 0.861. The molecule has 0 bridgehead atoms. The first-order valence-corrected chi connectivity index (χ1v) is 6.60. The zero-order chi connectivity index (χ0) is 15.4. The Bertz CT molecular complexity index is 654. The number of esters is 1. The van der Waals surface area contributed by atoms with Gasteiger partial charge in [-0.05, 0) is 19.4 Å². The molecule has 108 valence electrons. The summed E-state index contributed by atoms with van der Waals surface area (Å²) in [6, 6.07) is 11.3. The third-order valence-corrected chi connectivity index (χ3v) is 3.23. The summed E-state index contributed by atoms with van der Waals surface area (Å²) in [7, 11) is 0. The van der Waals surface area contributed by atoms with Crippen LogP contribution < -0.4 is 5.73 Å². The Kier molecular flexibility index (Phi) is 4.29. The van der Waals surface area contributed by atoms with Crippen LogP contribution >= 0.6 is 0 Å². The van der Waals surface area contributed by atoms with Crippen LogP contribution in [-0.4, -0.2) is 12.6 Å². The van der Waals surface area contributed by atoms with Gasteiger partial charge in [0.05, 0.1) is 18.1 Å². The molecule has 2 rings (SSSR count). The van der Waals surface area contributed by atoms with Crippen molar-refractivity contribution in [3.8, 4) is 6.07 Å². The lowest BCUT2D eigenvalue weighted by atomic mass is 9.83. The van der Waals surface area contributed by atoms with Gasteiger partial charge in [0.1, 0.15) is 17.4 Å². The normalized spacial score (nSPS) is 18.0. The fourth-order valence-corrected chi connectivity index (χ4v) is 2.33. The van der Waals surface area contributed by atoms with E-state index in [1.54, 1.807) is 13.8 Å². The second kappa shape index (κ2) is 6.14. The molecule has 1 heterocycles. The highest BCUT2D eigenvalue weighted by Gasteiger charge is 2.35. The molecule has 1 atom stereocenters. The van der Waals surface area contributed by atoms with Crippen LogP contribution in [0.4, 0.5) is 0 Å². The molecule has 0 spiro atoms. The van der Waals surface area contributed by atoms with Crippen LogP contribution in [0.5, 0.6) is 0 Å². The molecule has 0 fully saturated rings. The van der Waals surface area contributed by atoms with Crippen molar-refractivity contribution in [3.05, 3.63) is 58.7 Å². The van der Waals surface area contributed by atoms with Crippen LogP contribution in [-0.2, 0) is 14.3 Å². The molecule has 0 unspecified atom stereocenters. The van der Waals surface area contributed by atoms with E-state index in [1.807, 2.05) is 36.4 Å². The van der Waals surface area contributed by atoms with Crippen LogP contribution in [0.1, 0.15) is 25.3 Å². The van der Waals surface area contributed by atoms with Crippen molar-refractivity contribution < 1.29 is 14.3 Å².